The molecule has 1 aliphatic rings. The maximum Gasteiger partial charge on any atom is 0.328 e. The molecule has 10 nitrogen and oxygen atoms in total. The van der Waals surface area contributed by atoms with Gasteiger partial charge >= 0.3 is 5.97 Å². The van der Waals surface area contributed by atoms with Gasteiger partial charge in [-0.2, -0.15) is 0 Å². The van der Waals surface area contributed by atoms with E-state index in [1.807, 2.05) is 0 Å². The van der Waals surface area contributed by atoms with Crippen LogP contribution in [0, 0.1) is 5.92 Å². The van der Waals surface area contributed by atoms with E-state index in [1.54, 1.807) is 13.8 Å². The number of nitrogens with one attached hydrogen (secondary N) is 2. The van der Waals surface area contributed by atoms with E-state index >= 15 is 0 Å². The lowest BCUT2D eigenvalue weighted by Gasteiger charge is -2.28. The molecule has 142 valence electrons. The Hall–Kier alpha value is -2.20. The molecule has 1 heterocycles. The van der Waals surface area contributed by atoms with E-state index in [1.165, 1.54) is 4.90 Å². The van der Waals surface area contributed by atoms with Crippen molar-refractivity contribution in [1.82, 2.24) is 15.5 Å². The number of carbonyl (C=O) groups is 4. The van der Waals surface area contributed by atoms with Crippen LogP contribution in [0.5, 0.6) is 0 Å². The van der Waals surface area contributed by atoms with Crippen LogP contribution in [0.1, 0.15) is 26.7 Å². The number of carboxylic acid groups (broad SMARTS) is 1. The fraction of sp³-hybridized carbons (Fsp3) is 0.733. The molecule has 3 amide bonds. The van der Waals surface area contributed by atoms with Crippen molar-refractivity contribution in [2.45, 2.75) is 44.8 Å². The third-order valence-electron chi connectivity index (χ3n) is 4.09. The van der Waals surface area contributed by atoms with Gasteiger partial charge in [-0.15, -0.1) is 0 Å². The van der Waals surface area contributed by atoms with Gasteiger partial charge in [0.05, 0.1) is 13.2 Å². The van der Waals surface area contributed by atoms with Crippen molar-refractivity contribution in [2.75, 3.05) is 19.7 Å². The second-order valence-corrected chi connectivity index (χ2v) is 6.26. The van der Waals surface area contributed by atoms with Crippen molar-refractivity contribution in [3.63, 3.8) is 0 Å². The number of nitrogens with two attached hydrogens (primary N) is 1. The first-order chi connectivity index (χ1) is 11.7. The third kappa shape index (κ3) is 5.40. The normalized spacial score (nSPS) is 19.4. The molecule has 0 radical (unpaired) electrons. The van der Waals surface area contributed by atoms with Gasteiger partial charge in [0.25, 0.3) is 0 Å². The number of rotatable bonds is 8. The highest BCUT2D eigenvalue weighted by atomic mass is 16.4. The molecule has 10 heteroatoms. The highest BCUT2D eigenvalue weighted by Crippen LogP contribution is 2.18. The topological polar surface area (TPSA) is 162 Å². The van der Waals surface area contributed by atoms with Crippen molar-refractivity contribution < 1.29 is 29.4 Å². The van der Waals surface area contributed by atoms with Gasteiger partial charge in [-0.1, -0.05) is 13.8 Å². The Bertz CT molecular complexity index is 524. The maximum absolute atomic E-state index is 12.5. The zero-order valence-electron chi connectivity index (χ0n) is 14.4. The standard InChI is InChI=1S/C15H26N4O6/c1-8(2)12(14(23)17-9(7-20)15(24)25)18-13(22)10-4-3-5-19(10)11(21)6-16/h8-10,12,20H,3-7,16H2,1-2H3,(H,17,23)(H,18,22)(H,24,25). The van der Waals surface area contributed by atoms with Gasteiger partial charge in [-0.05, 0) is 18.8 Å². The lowest BCUT2D eigenvalue weighted by Crippen LogP contribution is -2.57. The Morgan fingerprint density at radius 3 is 2.36 bits per heavy atom. The molecule has 0 aromatic rings. The van der Waals surface area contributed by atoms with Crippen LogP contribution in [0.2, 0.25) is 0 Å². The lowest BCUT2D eigenvalue weighted by atomic mass is 10.0. The second-order valence-electron chi connectivity index (χ2n) is 6.26. The summed E-state index contributed by atoms with van der Waals surface area (Å²) in [6.45, 7) is 2.85. The Kier molecular flexibility index (Phi) is 7.78. The lowest BCUT2D eigenvalue weighted by molar-refractivity contribution is -0.144. The van der Waals surface area contributed by atoms with Gasteiger partial charge in [-0.25, -0.2) is 4.79 Å². The fourth-order valence-electron chi connectivity index (χ4n) is 2.69. The molecule has 25 heavy (non-hydrogen) atoms. The first-order valence-corrected chi connectivity index (χ1v) is 8.16. The minimum atomic E-state index is -1.45. The Morgan fingerprint density at radius 2 is 1.88 bits per heavy atom. The smallest absolute Gasteiger partial charge is 0.328 e. The summed E-state index contributed by atoms with van der Waals surface area (Å²) in [5.41, 5.74) is 5.34. The van der Waals surface area contributed by atoms with Crippen LogP contribution in [-0.4, -0.2) is 76.6 Å². The number of hydrogen-bond acceptors (Lipinski definition) is 6. The molecule has 0 aliphatic carbocycles. The molecule has 0 saturated carbocycles. The van der Waals surface area contributed by atoms with Crippen molar-refractivity contribution in [1.29, 1.82) is 0 Å². The molecule has 1 fully saturated rings. The van der Waals surface area contributed by atoms with Gasteiger partial charge in [0.1, 0.15) is 18.1 Å². The van der Waals surface area contributed by atoms with Crippen LogP contribution in [0.3, 0.4) is 0 Å². The van der Waals surface area contributed by atoms with Crippen molar-refractivity contribution in [3.05, 3.63) is 0 Å². The SMILES string of the molecule is CC(C)C(NC(=O)C1CCCN1C(=O)CN)C(=O)NC(CO)C(=O)O. The number of hydrogen-bond donors (Lipinski definition) is 5. The summed E-state index contributed by atoms with van der Waals surface area (Å²) in [5.74, 6) is -3.23. The molecule has 3 atom stereocenters. The summed E-state index contributed by atoms with van der Waals surface area (Å²) in [5, 5.41) is 22.7. The maximum atomic E-state index is 12.5. The van der Waals surface area contributed by atoms with Crippen LogP contribution < -0.4 is 16.4 Å². The molecule has 3 unspecified atom stereocenters. The molecular formula is C15H26N4O6. The van der Waals surface area contributed by atoms with Gasteiger partial charge in [0.2, 0.25) is 17.7 Å². The number of nitrogens with zero attached hydrogens (tertiary/aromatic N) is 1. The summed E-state index contributed by atoms with van der Waals surface area (Å²) < 4.78 is 0. The number of aliphatic carboxylic acids is 1. The third-order valence-corrected chi connectivity index (χ3v) is 4.09. The first-order valence-electron chi connectivity index (χ1n) is 8.16. The van der Waals surface area contributed by atoms with Crippen LogP contribution in [-0.2, 0) is 19.2 Å². The second kappa shape index (κ2) is 9.33. The van der Waals surface area contributed by atoms with E-state index in [2.05, 4.69) is 10.6 Å². The summed E-state index contributed by atoms with van der Waals surface area (Å²) >= 11 is 0. The van der Waals surface area contributed by atoms with E-state index < -0.39 is 42.5 Å². The van der Waals surface area contributed by atoms with E-state index in [4.69, 9.17) is 15.9 Å². The predicted molar refractivity (Wildman–Crippen MR) is 87.2 cm³/mol. The number of aliphatic hydroxyl groups excluding tert-OH is 1. The Morgan fingerprint density at radius 1 is 1.24 bits per heavy atom. The fourth-order valence-corrected chi connectivity index (χ4v) is 2.69. The molecular weight excluding hydrogens is 332 g/mol. The van der Waals surface area contributed by atoms with Gasteiger partial charge in [0, 0.05) is 6.54 Å². The number of carbonyl (C=O) groups excluding carboxylic acids is 3. The van der Waals surface area contributed by atoms with Crippen molar-refractivity contribution >= 4 is 23.7 Å². The number of carboxylic acids is 1. The molecule has 6 N–H and O–H groups in total. The Balaban J connectivity index is 2.80. The largest absolute Gasteiger partial charge is 0.480 e. The molecule has 1 rings (SSSR count). The van der Waals surface area contributed by atoms with Crippen LogP contribution in [0.15, 0.2) is 0 Å². The highest BCUT2D eigenvalue weighted by molar-refractivity contribution is 5.94. The minimum Gasteiger partial charge on any atom is -0.480 e. The average Bonchev–Trinajstić information content (AvgIpc) is 3.05. The van der Waals surface area contributed by atoms with E-state index in [9.17, 15) is 19.2 Å². The van der Waals surface area contributed by atoms with Crippen LogP contribution >= 0.6 is 0 Å². The highest BCUT2D eigenvalue weighted by Gasteiger charge is 2.36. The van der Waals surface area contributed by atoms with Crippen molar-refractivity contribution in [2.24, 2.45) is 11.7 Å². The molecule has 1 saturated heterocycles. The van der Waals surface area contributed by atoms with Crippen LogP contribution in [0.25, 0.3) is 0 Å². The quantitative estimate of drug-likeness (QED) is 0.324. The minimum absolute atomic E-state index is 0.200. The number of aliphatic hydroxyl groups is 1. The molecule has 1 aliphatic heterocycles. The predicted octanol–water partition coefficient (Wildman–Crippen LogP) is -2.36. The summed E-state index contributed by atoms with van der Waals surface area (Å²) in [6, 6.07) is -3.14. The summed E-state index contributed by atoms with van der Waals surface area (Å²) in [7, 11) is 0. The van der Waals surface area contributed by atoms with Crippen molar-refractivity contribution in [3.8, 4) is 0 Å². The Labute approximate surface area is 145 Å². The monoisotopic (exact) mass is 358 g/mol. The van der Waals surface area contributed by atoms with E-state index in [-0.39, 0.29) is 18.4 Å². The zero-order chi connectivity index (χ0) is 19.1. The molecule has 0 bridgehead atoms. The van der Waals surface area contributed by atoms with E-state index in [0.29, 0.717) is 19.4 Å². The molecule has 0 aromatic heterocycles. The van der Waals surface area contributed by atoms with Gasteiger partial charge in [0.15, 0.2) is 0 Å². The number of likely N-dealkylation sites (tertiary alicyclic amines) is 1. The summed E-state index contributed by atoms with van der Waals surface area (Å²) in [6.07, 6.45) is 1.13. The van der Waals surface area contributed by atoms with Gasteiger partial charge in [-0.3, -0.25) is 14.4 Å². The average molecular weight is 358 g/mol. The molecule has 0 spiro atoms. The summed E-state index contributed by atoms with van der Waals surface area (Å²) in [4.78, 5) is 48.9. The van der Waals surface area contributed by atoms with Crippen LogP contribution in [0.4, 0.5) is 0 Å². The first kappa shape index (κ1) is 20.8. The molecule has 0 aromatic carbocycles. The van der Waals surface area contributed by atoms with Gasteiger partial charge < -0.3 is 31.5 Å². The van der Waals surface area contributed by atoms with E-state index in [0.717, 1.165) is 0 Å². The number of amides is 3. The zero-order valence-corrected chi connectivity index (χ0v) is 14.4.